The van der Waals surface area contributed by atoms with Crippen LogP contribution in [-0.4, -0.2) is 40.2 Å². The molecule has 0 spiro atoms. The molecule has 2 N–H and O–H groups in total. The lowest BCUT2D eigenvalue weighted by molar-refractivity contribution is 0.123. The Morgan fingerprint density at radius 1 is 1.36 bits per heavy atom. The summed E-state index contributed by atoms with van der Waals surface area (Å²) in [5, 5.41) is 14.1. The predicted molar refractivity (Wildman–Crippen MR) is 79.1 cm³/mol. The minimum atomic E-state index is -0.937. The van der Waals surface area contributed by atoms with Crippen molar-refractivity contribution in [1.82, 2.24) is 15.2 Å². The highest BCUT2D eigenvalue weighted by Crippen LogP contribution is 2.43. The van der Waals surface area contributed by atoms with Crippen molar-refractivity contribution in [3.8, 4) is 0 Å². The van der Waals surface area contributed by atoms with Gasteiger partial charge in [0.1, 0.15) is 5.82 Å². The molecule has 3 atom stereocenters. The van der Waals surface area contributed by atoms with Crippen LogP contribution in [0.2, 0.25) is 0 Å². The summed E-state index contributed by atoms with van der Waals surface area (Å²) in [4.78, 5) is 17.1. The first-order valence-electron chi connectivity index (χ1n) is 7.41. The molecule has 2 fully saturated rings. The van der Waals surface area contributed by atoms with E-state index in [9.17, 15) is 14.3 Å². The van der Waals surface area contributed by atoms with E-state index in [4.69, 9.17) is 0 Å². The molecule has 1 aromatic carbocycles. The molecule has 2 aromatic rings. The number of rotatable bonds is 1. The van der Waals surface area contributed by atoms with E-state index in [1.165, 1.54) is 11.1 Å². The molecule has 0 bridgehead atoms. The standard InChI is InChI=1S/C16H16FN3O2/c17-12-7-18-5-9-2-1-3-11(15(9)12)13-4-10-6-19-8-14(10)20(13)16(21)22/h1-3,5,7,10,13-14,19H,4,6,8H2,(H,21,22). The van der Waals surface area contributed by atoms with Gasteiger partial charge in [-0.3, -0.25) is 9.88 Å². The molecule has 3 heterocycles. The maximum absolute atomic E-state index is 14.3. The fraction of sp³-hybridized carbons (Fsp3) is 0.375. The van der Waals surface area contributed by atoms with Crippen LogP contribution in [0.4, 0.5) is 9.18 Å². The molecular weight excluding hydrogens is 285 g/mol. The normalized spacial score (nSPS) is 27.3. The zero-order valence-corrected chi connectivity index (χ0v) is 11.9. The molecule has 5 nitrogen and oxygen atoms in total. The average molecular weight is 301 g/mol. The van der Waals surface area contributed by atoms with Gasteiger partial charge in [0.2, 0.25) is 0 Å². The van der Waals surface area contributed by atoms with Crippen LogP contribution in [0.1, 0.15) is 18.0 Å². The van der Waals surface area contributed by atoms with E-state index >= 15 is 0 Å². The van der Waals surface area contributed by atoms with E-state index in [-0.39, 0.29) is 12.1 Å². The molecule has 1 amide bonds. The van der Waals surface area contributed by atoms with Gasteiger partial charge in [0.15, 0.2) is 0 Å². The van der Waals surface area contributed by atoms with Gasteiger partial charge in [0, 0.05) is 30.1 Å². The summed E-state index contributed by atoms with van der Waals surface area (Å²) >= 11 is 0. The molecule has 2 aliphatic rings. The number of carboxylic acid groups (broad SMARTS) is 1. The van der Waals surface area contributed by atoms with Gasteiger partial charge in [0.05, 0.1) is 18.3 Å². The summed E-state index contributed by atoms with van der Waals surface area (Å²) in [6.45, 7) is 1.49. The fourth-order valence-corrected chi connectivity index (χ4v) is 3.97. The SMILES string of the molecule is O=C(O)N1C(c2cccc3cncc(F)c23)CC2CNCC21. The number of amides is 1. The molecule has 4 rings (SSSR count). The number of likely N-dealkylation sites (tertiary alicyclic amines) is 1. The highest BCUT2D eigenvalue weighted by Gasteiger charge is 2.47. The first-order valence-corrected chi connectivity index (χ1v) is 7.41. The fourth-order valence-electron chi connectivity index (χ4n) is 3.97. The molecule has 0 aliphatic carbocycles. The summed E-state index contributed by atoms with van der Waals surface area (Å²) in [5.41, 5.74) is 0.745. The Balaban J connectivity index is 1.86. The first-order chi connectivity index (χ1) is 10.7. The number of aromatic nitrogens is 1. The molecular formula is C16H16FN3O2. The van der Waals surface area contributed by atoms with Crippen molar-refractivity contribution in [2.24, 2.45) is 5.92 Å². The number of nitrogens with zero attached hydrogens (tertiary/aromatic N) is 2. The lowest BCUT2D eigenvalue weighted by atomic mass is 9.95. The number of pyridine rings is 1. The predicted octanol–water partition coefficient (Wildman–Crippen LogP) is 2.39. The molecule has 2 saturated heterocycles. The second kappa shape index (κ2) is 4.91. The van der Waals surface area contributed by atoms with Crippen LogP contribution in [0, 0.1) is 11.7 Å². The third-order valence-corrected chi connectivity index (χ3v) is 4.87. The summed E-state index contributed by atoms with van der Waals surface area (Å²) in [6.07, 6.45) is 2.59. The van der Waals surface area contributed by atoms with Crippen LogP contribution in [0.3, 0.4) is 0 Å². The third-order valence-electron chi connectivity index (χ3n) is 4.87. The van der Waals surface area contributed by atoms with Crippen molar-refractivity contribution >= 4 is 16.9 Å². The van der Waals surface area contributed by atoms with Crippen molar-refractivity contribution < 1.29 is 14.3 Å². The Bertz CT molecular complexity index is 746. The van der Waals surface area contributed by atoms with Gasteiger partial charge in [-0.2, -0.15) is 0 Å². The van der Waals surface area contributed by atoms with Gasteiger partial charge in [-0.05, 0) is 17.9 Å². The number of halogens is 1. The zero-order valence-electron chi connectivity index (χ0n) is 11.9. The minimum absolute atomic E-state index is 0.0253. The van der Waals surface area contributed by atoms with E-state index in [1.54, 1.807) is 12.3 Å². The number of nitrogens with one attached hydrogen (secondary N) is 1. The minimum Gasteiger partial charge on any atom is -0.465 e. The Kier molecular flexibility index (Phi) is 3.00. The van der Waals surface area contributed by atoms with Crippen LogP contribution >= 0.6 is 0 Å². The molecule has 1 aromatic heterocycles. The van der Waals surface area contributed by atoms with Crippen molar-refractivity contribution in [3.05, 3.63) is 42.0 Å². The van der Waals surface area contributed by atoms with Gasteiger partial charge < -0.3 is 10.4 Å². The van der Waals surface area contributed by atoms with E-state index in [1.807, 2.05) is 12.1 Å². The maximum Gasteiger partial charge on any atom is 0.408 e. The molecule has 0 radical (unpaired) electrons. The molecule has 2 aliphatic heterocycles. The average Bonchev–Trinajstić information content (AvgIpc) is 3.06. The van der Waals surface area contributed by atoms with Gasteiger partial charge in [-0.1, -0.05) is 18.2 Å². The highest BCUT2D eigenvalue weighted by atomic mass is 19.1. The lowest BCUT2D eigenvalue weighted by Crippen LogP contribution is -2.39. The van der Waals surface area contributed by atoms with Gasteiger partial charge in [0.25, 0.3) is 0 Å². The summed E-state index contributed by atoms with van der Waals surface area (Å²) < 4.78 is 14.3. The second-order valence-corrected chi connectivity index (χ2v) is 5.99. The zero-order chi connectivity index (χ0) is 15.3. The summed E-state index contributed by atoms with van der Waals surface area (Å²) in [7, 11) is 0. The quantitative estimate of drug-likeness (QED) is 0.849. The van der Waals surface area contributed by atoms with Gasteiger partial charge >= 0.3 is 6.09 Å². The number of hydrogen-bond donors (Lipinski definition) is 2. The van der Waals surface area contributed by atoms with Crippen LogP contribution in [0.5, 0.6) is 0 Å². The van der Waals surface area contributed by atoms with Gasteiger partial charge in [-0.15, -0.1) is 0 Å². The molecule has 114 valence electrons. The van der Waals surface area contributed by atoms with Gasteiger partial charge in [-0.25, -0.2) is 9.18 Å². The van der Waals surface area contributed by atoms with Crippen LogP contribution in [0.25, 0.3) is 10.8 Å². The number of fused-ring (bicyclic) bond motifs is 2. The second-order valence-electron chi connectivity index (χ2n) is 5.99. The molecule has 3 unspecified atom stereocenters. The first kappa shape index (κ1) is 13.5. The summed E-state index contributed by atoms with van der Waals surface area (Å²) in [5.74, 6) is -0.102. The largest absolute Gasteiger partial charge is 0.465 e. The Labute approximate surface area is 126 Å². The lowest BCUT2D eigenvalue weighted by Gasteiger charge is -2.27. The smallest absolute Gasteiger partial charge is 0.408 e. The van der Waals surface area contributed by atoms with Crippen LogP contribution in [0.15, 0.2) is 30.6 Å². The Morgan fingerprint density at radius 3 is 3.05 bits per heavy atom. The molecule has 6 heteroatoms. The summed E-state index contributed by atoms with van der Waals surface area (Å²) in [6, 6.07) is 5.15. The molecule has 0 saturated carbocycles. The van der Waals surface area contributed by atoms with Crippen LogP contribution in [-0.2, 0) is 0 Å². The van der Waals surface area contributed by atoms with E-state index in [0.29, 0.717) is 23.2 Å². The van der Waals surface area contributed by atoms with Crippen molar-refractivity contribution in [1.29, 1.82) is 0 Å². The number of hydrogen-bond acceptors (Lipinski definition) is 3. The Morgan fingerprint density at radius 2 is 2.23 bits per heavy atom. The topological polar surface area (TPSA) is 65.5 Å². The number of carbonyl (C=O) groups is 1. The number of benzene rings is 1. The van der Waals surface area contributed by atoms with Crippen molar-refractivity contribution in [2.45, 2.75) is 18.5 Å². The third kappa shape index (κ3) is 1.87. The van der Waals surface area contributed by atoms with Crippen molar-refractivity contribution in [3.63, 3.8) is 0 Å². The monoisotopic (exact) mass is 301 g/mol. The molecule has 22 heavy (non-hydrogen) atoms. The van der Waals surface area contributed by atoms with Crippen LogP contribution < -0.4 is 5.32 Å². The maximum atomic E-state index is 14.3. The van der Waals surface area contributed by atoms with E-state index < -0.39 is 11.9 Å². The van der Waals surface area contributed by atoms with Crippen molar-refractivity contribution in [2.75, 3.05) is 13.1 Å². The van der Waals surface area contributed by atoms with E-state index in [0.717, 1.165) is 18.5 Å². The highest BCUT2D eigenvalue weighted by molar-refractivity contribution is 5.86. The Hall–Kier alpha value is -2.21. The van der Waals surface area contributed by atoms with E-state index in [2.05, 4.69) is 10.3 Å².